The Bertz CT molecular complexity index is 3650. The fraction of sp³-hybridized carbons (Fsp3) is 0.349. The lowest BCUT2D eigenvalue weighted by molar-refractivity contribution is -0.274. The molecule has 0 amide bonds. The fourth-order valence-electron chi connectivity index (χ4n) is 9.04. The third-order valence-corrected chi connectivity index (χ3v) is 12.3. The van der Waals surface area contributed by atoms with Gasteiger partial charge in [-0.3, -0.25) is 9.59 Å². The first-order chi connectivity index (χ1) is 32.4. The number of aromatic nitrogens is 10. The molecule has 0 spiro atoms. The van der Waals surface area contributed by atoms with E-state index in [4.69, 9.17) is 18.9 Å². The molecule has 2 atom stereocenters. The average molecular weight is 947 g/mol. The number of hydrogen-bond donors (Lipinski definition) is 1. The zero-order valence-electron chi connectivity index (χ0n) is 37.1. The molecule has 2 aliphatic rings. The number of ether oxygens (including phenoxy) is 5. The third-order valence-electron chi connectivity index (χ3n) is 12.3. The summed E-state index contributed by atoms with van der Waals surface area (Å²) in [7, 11) is 8.78. The highest BCUT2D eigenvalue weighted by atomic mass is 19.4. The number of aromatic hydroxyl groups is 1. The first-order valence-corrected chi connectivity index (χ1v) is 20.8. The molecule has 0 fully saturated rings. The summed E-state index contributed by atoms with van der Waals surface area (Å²) >= 11 is 0. The fourth-order valence-corrected chi connectivity index (χ4v) is 9.04. The van der Waals surface area contributed by atoms with Crippen LogP contribution in [0.4, 0.5) is 13.2 Å². The lowest BCUT2D eigenvalue weighted by Crippen LogP contribution is -2.47. The van der Waals surface area contributed by atoms with Crippen LogP contribution in [0.2, 0.25) is 0 Å². The van der Waals surface area contributed by atoms with Gasteiger partial charge in [0.05, 0.1) is 69.6 Å². The van der Waals surface area contributed by atoms with E-state index in [-0.39, 0.29) is 48.5 Å². The highest BCUT2D eigenvalue weighted by Gasteiger charge is 2.43. The maximum Gasteiger partial charge on any atom is 0.573 e. The topological polar surface area (TPSA) is 234 Å². The molecule has 22 nitrogen and oxygen atoms in total. The molecular formula is C43H41F3N10O12. The minimum Gasteiger partial charge on any atom is -0.508 e. The number of nitrogens with zero attached hydrogens (tertiary/aromatic N) is 10. The van der Waals surface area contributed by atoms with Crippen molar-refractivity contribution in [2.45, 2.75) is 57.5 Å². The number of methoxy groups -OCH3 is 4. The Labute approximate surface area is 378 Å². The van der Waals surface area contributed by atoms with Crippen LogP contribution in [0.1, 0.15) is 29.0 Å². The number of aryl methyl sites for hydroxylation is 4. The van der Waals surface area contributed by atoms with Gasteiger partial charge in [0.2, 0.25) is 0 Å². The van der Waals surface area contributed by atoms with Gasteiger partial charge >= 0.3 is 29.1 Å². The maximum atomic E-state index is 14.5. The van der Waals surface area contributed by atoms with E-state index in [0.717, 1.165) is 46.1 Å². The summed E-state index contributed by atoms with van der Waals surface area (Å²) in [5.41, 5.74) is -3.20. The first-order valence-electron chi connectivity index (χ1n) is 20.8. The van der Waals surface area contributed by atoms with Crippen molar-refractivity contribution in [3.05, 3.63) is 134 Å². The Morgan fingerprint density at radius 1 is 0.662 bits per heavy atom. The van der Waals surface area contributed by atoms with E-state index in [1.807, 2.05) is 0 Å². The van der Waals surface area contributed by atoms with E-state index >= 15 is 0 Å². The number of phenolic OH excluding ortho intramolecular Hbond substituents is 1. The van der Waals surface area contributed by atoms with Gasteiger partial charge in [-0.2, -0.15) is 0 Å². The number of phenols is 1. The van der Waals surface area contributed by atoms with Gasteiger partial charge in [-0.1, -0.05) is 6.08 Å². The van der Waals surface area contributed by atoms with Crippen LogP contribution in [0.5, 0.6) is 34.5 Å². The van der Waals surface area contributed by atoms with Crippen LogP contribution < -0.4 is 57.6 Å². The SMILES string of the molecule is COc1cc2nc(CCn3c(=O)n4n(c3=O)C3Cn5c(=O)n(CCc6nc7cc(OC)c(OC)cc7n(C)c6=O)c(=O)n5C(c5cc(OC(F)(F)F)ccc5O)C3=CC4)c(=O)n(C)c2cc1OC. The average Bonchev–Trinajstić information content (AvgIpc) is 3.71. The Kier molecular flexibility index (Phi) is 10.9. The molecule has 6 heterocycles. The van der Waals surface area contributed by atoms with Crippen LogP contribution in [0.25, 0.3) is 22.1 Å². The normalized spacial score (nSPS) is 15.5. The molecule has 3 aromatic carbocycles. The van der Waals surface area contributed by atoms with Crippen molar-refractivity contribution < 1.29 is 42.0 Å². The van der Waals surface area contributed by atoms with Crippen molar-refractivity contribution in [1.29, 1.82) is 0 Å². The summed E-state index contributed by atoms with van der Waals surface area (Å²) in [5, 5.41) is 11.3. The Hall–Kier alpha value is -8.25. The largest absolute Gasteiger partial charge is 0.573 e. The highest BCUT2D eigenvalue weighted by molar-refractivity contribution is 5.80. The zero-order valence-corrected chi connectivity index (χ0v) is 37.1. The summed E-state index contributed by atoms with van der Waals surface area (Å²) in [6.45, 7) is -1.46. The minimum absolute atomic E-state index is 0.0225. The lowest BCUT2D eigenvalue weighted by Gasteiger charge is -2.37. The molecule has 356 valence electrons. The van der Waals surface area contributed by atoms with Crippen LogP contribution >= 0.6 is 0 Å². The number of allylic oxidation sites excluding steroid dienone is 2. The Balaban J connectivity index is 1.12. The van der Waals surface area contributed by atoms with Crippen LogP contribution in [0.3, 0.4) is 0 Å². The van der Waals surface area contributed by atoms with Crippen molar-refractivity contribution in [2.75, 3.05) is 28.4 Å². The van der Waals surface area contributed by atoms with Gasteiger partial charge in [-0.15, -0.1) is 13.2 Å². The van der Waals surface area contributed by atoms with Gasteiger partial charge in [0.15, 0.2) is 23.0 Å². The van der Waals surface area contributed by atoms with Gasteiger partial charge in [-0.25, -0.2) is 57.0 Å². The van der Waals surface area contributed by atoms with Crippen molar-refractivity contribution in [2.24, 2.45) is 14.1 Å². The number of hydrogen-bond acceptors (Lipinski definition) is 14. The second-order valence-corrected chi connectivity index (χ2v) is 15.9. The number of rotatable bonds is 12. The predicted molar refractivity (Wildman–Crippen MR) is 234 cm³/mol. The summed E-state index contributed by atoms with van der Waals surface area (Å²) in [6, 6.07) is 6.18. The molecule has 0 bridgehead atoms. The molecule has 0 saturated heterocycles. The molecule has 68 heavy (non-hydrogen) atoms. The monoisotopic (exact) mass is 946 g/mol. The molecule has 1 N–H and O–H groups in total. The molecule has 9 rings (SSSR count). The number of alkyl halides is 3. The minimum atomic E-state index is -5.15. The Morgan fingerprint density at radius 2 is 1.15 bits per heavy atom. The zero-order chi connectivity index (χ0) is 48.7. The third kappa shape index (κ3) is 7.20. The van der Waals surface area contributed by atoms with E-state index in [1.54, 1.807) is 24.3 Å². The summed E-state index contributed by atoms with van der Waals surface area (Å²) in [4.78, 5) is 93.5. The molecular weight excluding hydrogens is 906 g/mol. The molecule has 0 saturated carbocycles. The summed E-state index contributed by atoms with van der Waals surface area (Å²) < 4.78 is 74.7. The van der Waals surface area contributed by atoms with Crippen LogP contribution in [-0.4, -0.2) is 86.9 Å². The van der Waals surface area contributed by atoms with Crippen LogP contribution in [0.15, 0.2) is 82.9 Å². The first kappa shape index (κ1) is 44.9. The standard InChI is InChI=1S/C43H41F3N10O12/c1-49-28-18-34(66-5)32(64-3)16-26(28)47-24(37(49)58)10-12-51-39(60)53-14-9-22-30(55(53)41(51)62)20-54-40(61)52(42(63)56(54)36(22)23-15-21(7-8-31(23)57)68-43(44,45)46)13-11-25-38(59)50(2)29-19-35(67-6)33(65-4)17-27(29)48-25/h7-9,15-19,30,36,57H,10-14,20H2,1-6H3. The van der Waals surface area contributed by atoms with Crippen LogP contribution in [-0.2, 0) is 53.1 Å². The molecule has 2 aliphatic heterocycles. The van der Waals surface area contributed by atoms with Crippen molar-refractivity contribution in [3.63, 3.8) is 0 Å². The van der Waals surface area contributed by atoms with E-state index in [9.17, 15) is 47.0 Å². The summed E-state index contributed by atoms with van der Waals surface area (Å²) in [6.07, 6.45) is -4.09. The molecule has 7 aromatic rings. The van der Waals surface area contributed by atoms with Gasteiger partial charge in [0.25, 0.3) is 11.1 Å². The predicted octanol–water partition coefficient (Wildman–Crippen LogP) is 1.34. The van der Waals surface area contributed by atoms with Crippen LogP contribution in [0, 0.1) is 0 Å². The number of fused-ring (bicyclic) bond motifs is 6. The van der Waals surface area contributed by atoms with Gasteiger partial charge < -0.3 is 37.9 Å². The van der Waals surface area contributed by atoms with Crippen molar-refractivity contribution in [1.82, 2.24) is 47.0 Å². The molecule has 0 radical (unpaired) electrons. The molecule has 2 unspecified atom stereocenters. The maximum absolute atomic E-state index is 14.5. The van der Waals surface area contributed by atoms with Crippen molar-refractivity contribution in [3.8, 4) is 34.5 Å². The molecule has 0 aliphatic carbocycles. The van der Waals surface area contributed by atoms with E-state index < -0.39 is 76.9 Å². The smallest absolute Gasteiger partial charge is 0.508 e. The van der Waals surface area contributed by atoms with E-state index in [2.05, 4.69) is 14.7 Å². The van der Waals surface area contributed by atoms with E-state index in [0.29, 0.717) is 45.1 Å². The van der Waals surface area contributed by atoms with Gasteiger partial charge in [0, 0.05) is 69.9 Å². The van der Waals surface area contributed by atoms with Gasteiger partial charge in [-0.05, 0) is 23.8 Å². The second kappa shape index (κ2) is 16.6. The van der Waals surface area contributed by atoms with Gasteiger partial charge in [0.1, 0.15) is 28.9 Å². The van der Waals surface area contributed by atoms with Crippen molar-refractivity contribution >= 4 is 22.1 Å². The lowest BCUT2D eigenvalue weighted by atomic mass is 9.89. The highest BCUT2D eigenvalue weighted by Crippen LogP contribution is 2.43. The van der Waals surface area contributed by atoms with E-state index in [1.165, 1.54) is 57.7 Å². The molecule has 25 heteroatoms. The number of halogens is 3. The second-order valence-electron chi connectivity index (χ2n) is 15.9. The number of benzene rings is 3. The summed E-state index contributed by atoms with van der Waals surface area (Å²) in [5.74, 6) is 0.0447. The Morgan fingerprint density at radius 3 is 1.65 bits per heavy atom. The quantitative estimate of drug-likeness (QED) is 0.170. The molecule has 4 aromatic heterocycles.